The third kappa shape index (κ3) is 10.1. The maximum Gasteiger partial charge on any atom is 0.289 e. The van der Waals surface area contributed by atoms with Gasteiger partial charge in [0, 0.05) is 32.0 Å². The molecule has 11 nitrogen and oxygen atoms in total. The standard InChI is InChI=1S/C35H51N5O6/c1-3-11-28(33(44)38-27(22-25-16-10-21-36-32(25)43)31(42)34(45)37-26-18-19-26)40(2)35(46)30(24-14-8-5-9-15-24)39-29(41)20-17-23-12-6-4-7-13-23/h4,6-7,12-13,24-28,30H,3,5,8-11,14-22H2,1-2H3,(H,36,43)(H,37,45)(H,38,44)(H,39,41)/t25-,27-,28-,30+/m0/s1. The molecular weight excluding hydrogens is 586 g/mol. The highest BCUT2D eigenvalue weighted by molar-refractivity contribution is 6.38. The van der Waals surface area contributed by atoms with E-state index in [1.54, 1.807) is 7.05 Å². The number of amides is 5. The Bertz CT molecular complexity index is 1230. The van der Waals surface area contributed by atoms with Gasteiger partial charge in [-0.25, -0.2) is 0 Å². The maximum atomic E-state index is 14.1. The molecule has 4 rings (SSSR count). The molecule has 1 saturated heterocycles. The Hall–Kier alpha value is -3.76. The van der Waals surface area contributed by atoms with Crippen LogP contribution in [0.4, 0.5) is 0 Å². The first kappa shape index (κ1) is 35.1. The summed E-state index contributed by atoms with van der Waals surface area (Å²) < 4.78 is 0. The number of carbonyl (C=O) groups excluding carboxylic acids is 6. The minimum atomic E-state index is -1.20. The van der Waals surface area contributed by atoms with Crippen molar-refractivity contribution in [2.75, 3.05) is 13.6 Å². The molecule has 3 fully saturated rings. The van der Waals surface area contributed by atoms with E-state index in [1.807, 2.05) is 37.3 Å². The summed E-state index contributed by atoms with van der Waals surface area (Å²) in [6.45, 7) is 2.46. The highest BCUT2D eigenvalue weighted by Crippen LogP contribution is 2.28. The van der Waals surface area contributed by atoms with Crippen molar-refractivity contribution in [3.8, 4) is 0 Å². The van der Waals surface area contributed by atoms with Gasteiger partial charge in [-0.3, -0.25) is 28.8 Å². The number of nitrogens with one attached hydrogen (secondary N) is 4. The van der Waals surface area contributed by atoms with E-state index in [1.165, 1.54) is 4.90 Å². The smallest absolute Gasteiger partial charge is 0.289 e. The molecule has 46 heavy (non-hydrogen) atoms. The number of nitrogens with zero attached hydrogens (tertiary/aromatic N) is 1. The van der Waals surface area contributed by atoms with Gasteiger partial charge >= 0.3 is 0 Å². The fourth-order valence-corrected chi connectivity index (χ4v) is 6.63. The van der Waals surface area contributed by atoms with Gasteiger partial charge in [0.2, 0.25) is 29.4 Å². The zero-order valence-electron chi connectivity index (χ0n) is 27.4. The molecule has 5 amide bonds. The topological polar surface area (TPSA) is 154 Å². The zero-order valence-corrected chi connectivity index (χ0v) is 27.4. The molecule has 0 unspecified atom stereocenters. The predicted molar refractivity (Wildman–Crippen MR) is 173 cm³/mol. The molecule has 2 aliphatic carbocycles. The predicted octanol–water partition coefficient (Wildman–Crippen LogP) is 2.56. The van der Waals surface area contributed by atoms with Crippen molar-refractivity contribution < 1.29 is 28.8 Å². The number of aryl methyl sites for hydroxylation is 1. The number of ketones is 1. The number of rotatable bonds is 16. The summed E-state index contributed by atoms with van der Waals surface area (Å²) in [6, 6.07) is 6.78. The van der Waals surface area contributed by atoms with Gasteiger partial charge in [0.1, 0.15) is 12.1 Å². The average Bonchev–Trinajstić information content (AvgIpc) is 3.89. The number of likely N-dealkylation sites (N-methyl/N-ethyl adjacent to an activating group) is 1. The van der Waals surface area contributed by atoms with Gasteiger partial charge in [-0.05, 0) is 69.3 Å². The molecule has 252 valence electrons. The second-order valence-electron chi connectivity index (χ2n) is 13.2. The normalized spacial score (nSPS) is 20.4. The molecule has 4 atom stereocenters. The number of hydrogen-bond donors (Lipinski definition) is 4. The Morgan fingerprint density at radius 2 is 1.65 bits per heavy atom. The summed E-state index contributed by atoms with van der Waals surface area (Å²) in [5, 5.41) is 11.3. The van der Waals surface area contributed by atoms with Gasteiger partial charge in [-0.1, -0.05) is 62.9 Å². The lowest BCUT2D eigenvalue weighted by Gasteiger charge is -2.36. The highest BCUT2D eigenvalue weighted by Gasteiger charge is 2.39. The number of carbonyl (C=O) groups is 6. The lowest BCUT2D eigenvalue weighted by molar-refractivity contribution is -0.145. The van der Waals surface area contributed by atoms with Gasteiger partial charge in [0.05, 0.1) is 6.04 Å². The van der Waals surface area contributed by atoms with Gasteiger partial charge in [0.25, 0.3) is 5.91 Å². The Labute approximate surface area is 272 Å². The van der Waals surface area contributed by atoms with Crippen molar-refractivity contribution in [2.45, 2.75) is 121 Å². The van der Waals surface area contributed by atoms with Crippen LogP contribution in [0, 0.1) is 11.8 Å². The number of Topliss-reactive ketones (excluding diaryl/α,β-unsaturated/α-hetero) is 1. The summed E-state index contributed by atoms with van der Waals surface area (Å²) in [5.74, 6) is -3.40. The lowest BCUT2D eigenvalue weighted by Crippen LogP contribution is -2.59. The fraction of sp³-hybridized carbons (Fsp3) is 0.657. The molecule has 2 saturated carbocycles. The van der Waals surface area contributed by atoms with Crippen LogP contribution in [-0.4, -0.2) is 78.0 Å². The molecule has 1 aromatic carbocycles. The van der Waals surface area contributed by atoms with Crippen molar-refractivity contribution >= 4 is 35.3 Å². The number of piperidine rings is 1. The summed E-state index contributed by atoms with van der Waals surface area (Å²) in [7, 11) is 1.57. The van der Waals surface area contributed by atoms with E-state index in [-0.39, 0.29) is 42.5 Å². The van der Waals surface area contributed by atoms with E-state index in [2.05, 4.69) is 21.3 Å². The molecule has 3 aliphatic rings. The van der Waals surface area contributed by atoms with Crippen molar-refractivity contribution in [2.24, 2.45) is 11.8 Å². The SMILES string of the molecule is CCC[C@@H](C(=O)N[C@@H](C[C@@H]1CCCNC1=O)C(=O)C(=O)NC1CC1)N(C)C(=O)[C@H](NC(=O)CCc1ccccc1)C1CCCCC1. The molecule has 0 radical (unpaired) electrons. The maximum absolute atomic E-state index is 14.1. The molecule has 4 N–H and O–H groups in total. The van der Waals surface area contributed by atoms with Crippen LogP contribution in [0.25, 0.3) is 0 Å². The minimum absolute atomic E-state index is 0.00711. The third-order valence-corrected chi connectivity index (χ3v) is 9.56. The molecule has 0 aromatic heterocycles. The summed E-state index contributed by atoms with van der Waals surface area (Å²) in [6.07, 6.45) is 9.26. The lowest BCUT2D eigenvalue weighted by atomic mass is 9.83. The second kappa shape index (κ2) is 17.2. The monoisotopic (exact) mass is 637 g/mol. The Kier molecular flexibility index (Phi) is 13.2. The molecule has 1 aliphatic heterocycles. The van der Waals surface area contributed by atoms with Gasteiger partial charge < -0.3 is 26.2 Å². The van der Waals surface area contributed by atoms with E-state index in [4.69, 9.17) is 0 Å². The van der Waals surface area contributed by atoms with Crippen molar-refractivity contribution in [1.29, 1.82) is 0 Å². The molecule has 11 heteroatoms. The first-order valence-electron chi connectivity index (χ1n) is 17.2. The van der Waals surface area contributed by atoms with E-state index in [0.717, 1.165) is 56.9 Å². The van der Waals surface area contributed by atoms with Gasteiger partial charge in [0.15, 0.2) is 0 Å². The van der Waals surface area contributed by atoms with Crippen LogP contribution in [-0.2, 0) is 35.2 Å². The van der Waals surface area contributed by atoms with Crippen LogP contribution < -0.4 is 21.3 Å². The van der Waals surface area contributed by atoms with Crippen LogP contribution in [0.5, 0.6) is 0 Å². The Morgan fingerprint density at radius 3 is 2.30 bits per heavy atom. The van der Waals surface area contributed by atoms with Crippen LogP contribution in [0.2, 0.25) is 0 Å². The molecule has 0 spiro atoms. The van der Waals surface area contributed by atoms with E-state index < -0.39 is 41.6 Å². The Morgan fingerprint density at radius 1 is 0.935 bits per heavy atom. The first-order valence-corrected chi connectivity index (χ1v) is 17.2. The number of benzene rings is 1. The largest absolute Gasteiger partial charge is 0.356 e. The van der Waals surface area contributed by atoms with E-state index >= 15 is 0 Å². The zero-order chi connectivity index (χ0) is 33.1. The number of hydrogen-bond acceptors (Lipinski definition) is 6. The van der Waals surface area contributed by atoms with E-state index in [0.29, 0.717) is 32.2 Å². The highest BCUT2D eigenvalue weighted by atomic mass is 16.2. The second-order valence-corrected chi connectivity index (χ2v) is 13.2. The summed E-state index contributed by atoms with van der Waals surface area (Å²) in [5.41, 5.74) is 1.04. The first-order chi connectivity index (χ1) is 22.2. The summed E-state index contributed by atoms with van der Waals surface area (Å²) >= 11 is 0. The van der Waals surface area contributed by atoms with Crippen LogP contribution >= 0.6 is 0 Å². The van der Waals surface area contributed by atoms with Gasteiger partial charge in [-0.15, -0.1) is 0 Å². The minimum Gasteiger partial charge on any atom is -0.356 e. The van der Waals surface area contributed by atoms with E-state index in [9.17, 15) is 28.8 Å². The fourth-order valence-electron chi connectivity index (χ4n) is 6.63. The summed E-state index contributed by atoms with van der Waals surface area (Å²) in [4.78, 5) is 81.2. The molecule has 0 bridgehead atoms. The quantitative estimate of drug-likeness (QED) is 0.204. The molecule has 1 aromatic rings. The Balaban J connectivity index is 1.48. The van der Waals surface area contributed by atoms with Crippen molar-refractivity contribution in [3.05, 3.63) is 35.9 Å². The molecular formula is C35H51N5O6. The van der Waals surface area contributed by atoms with Crippen LogP contribution in [0.15, 0.2) is 30.3 Å². The van der Waals surface area contributed by atoms with Crippen molar-refractivity contribution in [3.63, 3.8) is 0 Å². The van der Waals surface area contributed by atoms with Crippen LogP contribution in [0.1, 0.15) is 96.0 Å². The van der Waals surface area contributed by atoms with Crippen LogP contribution in [0.3, 0.4) is 0 Å². The average molecular weight is 638 g/mol. The van der Waals surface area contributed by atoms with Crippen molar-refractivity contribution in [1.82, 2.24) is 26.2 Å². The molecule has 1 heterocycles. The third-order valence-electron chi connectivity index (χ3n) is 9.56. The van der Waals surface area contributed by atoms with Gasteiger partial charge in [-0.2, -0.15) is 0 Å².